The van der Waals surface area contributed by atoms with E-state index in [2.05, 4.69) is 0 Å². The molecule has 0 aliphatic carbocycles. The summed E-state index contributed by atoms with van der Waals surface area (Å²) in [6.45, 7) is 0. The van der Waals surface area contributed by atoms with Crippen LogP contribution in [0.3, 0.4) is 0 Å². The molecule has 6 heteroatoms. The van der Waals surface area contributed by atoms with E-state index in [0.29, 0.717) is 5.56 Å². The van der Waals surface area contributed by atoms with Crippen LogP contribution in [0.15, 0.2) is 24.3 Å². The van der Waals surface area contributed by atoms with Gasteiger partial charge in [0.2, 0.25) is 0 Å². The standard InChI is InChI=1S/C10H11NO5/c12-9(6-10(13)14)5-7-1-3-8(4-2-7)11(15)16/h1-4,9,12H,5-6H2,(H,13,14). The average molecular weight is 225 g/mol. The number of non-ortho nitro benzene ring substituents is 1. The van der Waals surface area contributed by atoms with Crippen molar-refractivity contribution in [3.05, 3.63) is 39.9 Å². The molecule has 1 rings (SSSR count). The molecule has 1 aromatic rings. The Kier molecular flexibility index (Phi) is 3.96. The normalized spacial score (nSPS) is 12.1. The fourth-order valence-electron chi connectivity index (χ4n) is 1.30. The SMILES string of the molecule is O=C(O)CC(O)Cc1ccc([N+](=O)[O-])cc1. The summed E-state index contributed by atoms with van der Waals surface area (Å²) in [5, 5.41) is 28.1. The van der Waals surface area contributed by atoms with Gasteiger partial charge in [-0.3, -0.25) is 14.9 Å². The Morgan fingerprint density at radius 1 is 1.38 bits per heavy atom. The van der Waals surface area contributed by atoms with Crippen molar-refractivity contribution in [2.24, 2.45) is 0 Å². The van der Waals surface area contributed by atoms with Gasteiger partial charge in [0.15, 0.2) is 0 Å². The maximum Gasteiger partial charge on any atom is 0.305 e. The smallest absolute Gasteiger partial charge is 0.305 e. The van der Waals surface area contributed by atoms with Crippen molar-refractivity contribution in [1.82, 2.24) is 0 Å². The van der Waals surface area contributed by atoms with Gasteiger partial charge < -0.3 is 10.2 Å². The maximum atomic E-state index is 10.4. The zero-order chi connectivity index (χ0) is 12.1. The first-order valence-electron chi connectivity index (χ1n) is 4.62. The molecule has 0 aliphatic heterocycles. The number of rotatable bonds is 5. The number of nitrogens with zero attached hydrogens (tertiary/aromatic N) is 1. The Balaban J connectivity index is 2.61. The van der Waals surface area contributed by atoms with Crippen LogP contribution in [0, 0.1) is 10.1 Å². The Labute approximate surface area is 91.3 Å². The number of nitro benzene ring substituents is 1. The highest BCUT2D eigenvalue weighted by atomic mass is 16.6. The second-order valence-corrected chi connectivity index (χ2v) is 3.38. The van der Waals surface area contributed by atoms with Crippen LogP contribution in [-0.4, -0.2) is 27.2 Å². The Morgan fingerprint density at radius 2 is 1.94 bits per heavy atom. The van der Waals surface area contributed by atoms with Gasteiger partial charge in [-0.1, -0.05) is 12.1 Å². The molecule has 2 N–H and O–H groups in total. The average Bonchev–Trinajstić information content (AvgIpc) is 2.16. The van der Waals surface area contributed by atoms with E-state index >= 15 is 0 Å². The molecule has 6 nitrogen and oxygen atoms in total. The van der Waals surface area contributed by atoms with Crippen LogP contribution >= 0.6 is 0 Å². The molecule has 0 aliphatic rings. The summed E-state index contributed by atoms with van der Waals surface area (Å²) in [5.41, 5.74) is 0.635. The van der Waals surface area contributed by atoms with Crippen molar-refractivity contribution in [2.45, 2.75) is 18.9 Å². The number of aliphatic carboxylic acids is 1. The highest BCUT2D eigenvalue weighted by molar-refractivity contribution is 5.67. The van der Waals surface area contributed by atoms with Gasteiger partial charge in [-0.05, 0) is 12.0 Å². The molecule has 1 unspecified atom stereocenters. The molecular weight excluding hydrogens is 214 g/mol. The Bertz CT molecular complexity index is 387. The van der Waals surface area contributed by atoms with Crippen LogP contribution in [0.2, 0.25) is 0 Å². The van der Waals surface area contributed by atoms with Gasteiger partial charge >= 0.3 is 5.97 Å². The Morgan fingerprint density at radius 3 is 2.38 bits per heavy atom. The lowest BCUT2D eigenvalue weighted by atomic mass is 10.1. The van der Waals surface area contributed by atoms with Gasteiger partial charge in [0, 0.05) is 12.1 Å². The Hall–Kier alpha value is -1.95. The van der Waals surface area contributed by atoms with Crippen molar-refractivity contribution in [3.8, 4) is 0 Å². The second-order valence-electron chi connectivity index (χ2n) is 3.38. The molecule has 0 radical (unpaired) electrons. The lowest BCUT2D eigenvalue weighted by Gasteiger charge is -2.07. The summed E-state index contributed by atoms with van der Waals surface area (Å²) >= 11 is 0. The van der Waals surface area contributed by atoms with Crippen LogP contribution in [0.5, 0.6) is 0 Å². The topological polar surface area (TPSA) is 101 Å². The summed E-state index contributed by atoms with van der Waals surface area (Å²) in [6, 6.07) is 5.65. The number of hydrogen-bond donors (Lipinski definition) is 2. The fraction of sp³-hybridized carbons (Fsp3) is 0.300. The number of hydrogen-bond acceptors (Lipinski definition) is 4. The van der Waals surface area contributed by atoms with E-state index in [1.54, 1.807) is 0 Å². The number of aliphatic hydroxyl groups excluding tert-OH is 1. The summed E-state index contributed by atoms with van der Waals surface area (Å²) < 4.78 is 0. The molecule has 0 saturated heterocycles. The van der Waals surface area contributed by atoms with Crippen molar-refractivity contribution in [2.75, 3.05) is 0 Å². The number of carboxylic acid groups (broad SMARTS) is 1. The third kappa shape index (κ3) is 3.66. The second kappa shape index (κ2) is 5.22. The first-order valence-corrected chi connectivity index (χ1v) is 4.62. The minimum absolute atomic E-state index is 0.0310. The predicted molar refractivity (Wildman–Crippen MR) is 55.1 cm³/mol. The molecule has 1 atom stereocenters. The van der Waals surface area contributed by atoms with E-state index in [1.165, 1.54) is 24.3 Å². The minimum atomic E-state index is -1.07. The highest BCUT2D eigenvalue weighted by Gasteiger charge is 2.11. The third-order valence-corrected chi connectivity index (χ3v) is 2.03. The minimum Gasteiger partial charge on any atom is -0.481 e. The van der Waals surface area contributed by atoms with Gasteiger partial charge in [-0.25, -0.2) is 0 Å². The molecule has 0 spiro atoms. The molecule has 0 aromatic heterocycles. The summed E-state index contributed by atoms with van der Waals surface area (Å²) in [7, 11) is 0. The van der Waals surface area contributed by atoms with Crippen molar-refractivity contribution < 1.29 is 19.9 Å². The largest absolute Gasteiger partial charge is 0.481 e. The number of nitro groups is 1. The third-order valence-electron chi connectivity index (χ3n) is 2.03. The van der Waals surface area contributed by atoms with Gasteiger partial charge in [0.1, 0.15) is 0 Å². The van der Waals surface area contributed by atoms with Gasteiger partial charge in [-0.15, -0.1) is 0 Å². The molecular formula is C10H11NO5. The molecule has 86 valence electrons. The lowest BCUT2D eigenvalue weighted by molar-refractivity contribution is -0.384. The number of carboxylic acids is 1. The first kappa shape index (κ1) is 12.1. The summed E-state index contributed by atoms with van der Waals surface area (Å²) in [6.07, 6.45) is -1.14. The summed E-state index contributed by atoms with van der Waals surface area (Å²) in [4.78, 5) is 20.1. The zero-order valence-electron chi connectivity index (χ0n) is 8.37. The van der Waals surface area contributed by atoms with Gasteiger partial charge in [0.05, 0.1) is 17.4 Å². The van der Waals surface area contributed by atoms with E-state index in [9.17, 15) is 20.0 Å². The molecule has 0 bridgehead atoms. The summed E-state index contributed by atoms with van der Waals surface area (Å²) in [5.74, 6) is -1.07. The monoisotopic (exact) mass is 225 g/mol. The van der Waals surface area contributed by atoms with Crippen LogP contribution in [0.4, 0.5) is 5.69 Å². The number of benzene rings is 1. The molecule has 1 aromatic carbocycles. The van der Waals surface area contributed by atoms with E-state index in [0.717, 1.165) is 0 Å². The van der Waals surface area contributed by atoms with Crippen LogP contribution in [0.1, 0.15) is 12.0 Å². The lowest BCUT2D eigenvalue weighted by Crippen LogP contribution is -2.15. The quantitative estimate of drug-likeness (QED) is 0.574. The fourth-order valence-corrected chi connectivity index (χ4v) is 1.30. The molecule has 0 saturated carbocycles. The highest BCUT2D eigenvalue weighted by Crippen LogP contribution is 2.13. The first-order chi connectivity index (χ1) is 7.49. The van der Waals surface area contributed by atoms with Crippen LogP contribution < -0.4 is 0 Å². The van der Waals surface area contributed by atoms with Crippen LogP contribution in [0.25, 0.3) is 0 Å². The number of aliphatic hydroxyl groups is 1. The van der Waals surface area contributed by atoms with E-state index < -0.39 is 17.0 Å². The van der Waals surface area contributed by atoms with Gasteiger partial charge in [-0.2, -0.15) is 0 Å². The van der Waals surface area contributed by atoms with Gasteiger partial charge in [0.25, 0.3) is 5.69 Å². The van der Waals surface area contributed by atoms with E-state index in [1.807, 2.05) is 0 Å². The molecule has 16 heavy (non-hydrogen) atoms. The van der Waals surface area contributed by atoms with E-state index in [-0.39, 0.29) is 18.5 Å². The maximum absolute atomic E-state index is 10.4. The van der Waals surface area contributed by atoms with Crippen molar-refractivity contribution in [3.63, 3.8) is 0 Å². The van der Waals surface area contributed by atoms with E-state index in [4.69, 9.17) is 5.11 Å². The molecule has 0 heterocycles. The predicted octanol–water partition coefficient (Wildman–Crippen LogP) is 0.973. The van der Waals surface area contributed by atoms with Crippen molar-refractivity contribution >= 4 is 11.7 Å². The molecule has 0 amide bonds. The van der Waals surface area contributed by atoms with Crippen LogP contribution in [-0.2, 0) is 11.2 Å². The van der Waals surface area contributed by atoms with Crippen molar-refractivity contribution in [1.29, 1.82) is 0 Å². The zero-order valence-corrected chi connectivity index (χ0v) is 8.37. The molecule has 0 fully saturated rings. The number of carbonyl (C=O) groups is 1.